The standard InChI is InChI=1S/C17H24N2O4S/c20-24(21,14-5-6-14)19-10-7-15-17(12-19,8-3-11-22-15)13-23-16-4-1-2-9-18-16/h1-2,4,9,14-15H,3,5-8,10-13H2. The van der Waals surface area contributed by atoms with E-state index in [2.05, 4.69) is 4.98 Å². The molecule has 0 spiro atoms. The van der Waals surface area contributed by atoms with Crippen LogP contribution in [0, 0.1) is 5.41 Å². The van der Waals surface area contributed by atoms with Crippen LogP contribution in [0.25, 0.3) is 0 Å². The summed E-state index contributed by atoms with van der Waals surface area (Å²) in [6, 6.07) is 5.57. The summed E-state index contributed by atoms with van der Waals surface area (Å²) < 4.78 is 39.0. The maximum atomic E-state index is 12.7. The number of aromatic nitrogens is 1. The average molecular weight is 352 g/mol. The number of hydrogen-bond acceptors (Lipinski definition) is 5. The molecule has 6 nitrogen and oxygen atoms in total. The molecular weight excluding hydrogens is 328 g/mol. The number of sulfonamides is 1. The Morgan fingerprint density at radius 1 is 1.33 bits per heavy atom. The largest absolute Gasteiger partial charge is 0.477 e. The second-order valence-electron chi connectivity index (χ2n) is 7.15. The quantitative estimate of drug-likeness (QED) is 0.809. The molecule has 3 aliphatic rings. The molecule has 2 atom stereocenters. The van der Waals surface area contributed by atoms with Crippen molar-refractivity contribution in [3.05, 3.63) is 24.4 Å². The topological polar surface area (TPSA) is 68.7 Å². The van der Waals surface area contributed by atoms with E-state index in [0.29, 0.717) is 25.6 Å². The summed E-state index contributed by atoms with van der Waals surface area (Å²) in [6.45, 7) is 2.27. The van der Waals surface area contributed by atoms with Gasteiger partial charge in [-0.3, -0.25) is 0 Å². The van der Waals surface area contributed by atoms with Gasteiger partial charge in [-0.05, 0) is 38.2 Å². The second-order valence-corrected chi connectivity index (χ2v) is 9.36. The molecule has 1 aromatic heterocycles. The molecule has 3 heterocycles. The fourth-order valence-corrected chi connectivity index (χ4v) is 5.85. The van der Waals surface area contributed by atoms with Crippen molar-refractivity contribution in [1.82, 2.24) is 9.29 Å². The first-order chi connectivity index (χ1) is 11.6. The molecule has 2 aliphatic heterocycles. The van der Waals surface area contributed by atoms with Crippen molar-refractivity contribution in [1.29, 1.82) is 0 Å². The summed E-state index contributed by atoms with van der Waals surface area (Å²) in [5, 5.41) is -0.160. The second kappa shape index (κ2) is 6.28. The number of piperidine rings is 1. The van der Waals surface area contributed by atoms with Gasteiger partial charge in [0.2, 0.25) is 15.9 Å². The minimum atomic E-state index is -3.15. The molecule has 7 heteroatoms. The third-order valence-electron chi connectivity index (χ3n) is 5.40. The van der Waals surface area contributed by atoms with Crippen LogP contribution in [-0.2, 0) is 14.8 Å². The van der Waals surface area contributed by atoms with Crippen LogP contribution in [0.4, 0.5) is 0 Å². The van der Waals surface area contributed by atoms with Crippen molar-refractivity contribution in [2.75, 3.05) is 26.3 Å². The van der Waals surface area contributed by atoms with Gasteiger partial charge in [0.25, 0.3) is 0 Å². The van der Waals surface area contributed by atoms with Crippen LogP contribution in [0.3, 0.4) is 0 Å². The molecule has 1 saturated carbocycles. The van der Waals surface area contributed by atoms with E-state index in [9.17, 15) is 8.42 Å². The van der Waals surface area contributed by atoms with E-state index in [1.165, 1.54) is 0 Å². The van der Waals surface area contributed by atoms with Crippen LogP contribution in [0.5, 0.6) is 5.88 Å². The first-order valence-electron chi connectivity index (χ1n) is 8.75. The van der Waals surface area contributed by atoms with E-state index < -0.39 is 10.0 Å². The number of fused-ring (bicyclic) bond motifs is 1. The van der Waals surface area contributed by atoms with E-state index in [-0.39, 0.29) is 16.8 Å². The minimum Gasteiger partial charge on any atom is -0.477 e. The Hall–Kier alpha value is -1.18. The SMILES string of the molecule is O=S(=O)(C1CC1)N1CCC2OCCCC2(COc2ccccn2)C1. The molecule has 0 N–H and O–H groups in total. The van der Waals surface area contributed by atoms with Gasteiger partial charge < -0.3 is 9.47 Å². The van der Waals surface area contributed by atoms with Crippen molar-refractivity contribution in [2.45, 2.75) is 43.5 Å². The number of nitrogens with zero attached hydrogens (tertiary/aromatic N) is 2. The normalized spacial score (nSPS) is 31.4. The Labute approximate surface area is 143 Å². The molecule has 24 heavy (non-hydrogen) atoms. The monoisotopic (exact) mass is 352 g/mol. The molecule has 3 fully saturated rings. The summed E-state index contributed by atoms with van der Waals surface area (Å²) >= 11 is 0. The first kappa shape index (κ1) is 16.3. The van der Waals surface area contributed by atoms with Gasteiger partial charge in [-0.15, -0.1) is 0 Å². The summed E-state index contributed by atoms with van der Waals surface area (Å²) in [6.07, 6.45) is 6.00. The van der Waals surface area contributed by atoms with Gasteiger partial charge in [-0.2, -0.15) is 0 Å². The lowest BCUT2D eigenvalue weighted by atomic mass is 9.73. The van der Waals surface area contributed by atoms with Crippen LogP contribution in [0.1, 0.15) is 32.1 Å². The van der Waals surface area contributed by atoms with Crippen LogP contribution < -0.4 is 4.74 Å². The molecule has 0 bridgehead atoms. The zero-order chi connectivity index (χ0) is 16.6. The highest BCUT2D eigenvalue weighted by Crippen LogP contribution is 2.43. The highest BCUT2D eigenvalue weighted by atomic mass is 32.2. The maximum absolute atomic E-state index is 12.7. The summed E-state index contributed by atoms with van der Waals surface area (Å²) in [4.78, 5) is 4.21. The van der Waals surface area contributed by atoms with Gasteiger partial charge in [0.1, 0.15) is 0 Å². The zero-order valence-electron chi connectivity index (χ0n) is 13.8. The van der Waals surface area contributed by atoms with Crippen molar-refractivity contribution >= 4 is 10.0 Å². The van der Waals surface area contributed by atoms with Crippen LogP contribution >= 0.6 is 0 Å². The molecule has 2 unspecified atom stereocenters. The molecule has 132 valence electrons. The average Bonchev–Trinajstić information content (AvgIpc) is 3.46. The van der Waals surface area contributed by atoms with E-state index in [0.717, 1.165) is 38.7 Å². The Balaban J connectivity index is 1.53. The fourth-order valence-electron chi connectivity index (χ4n) is 3.90. The lowest BCUT2D eigenvalue weighted by Crippen LogP contribution is -2.58. The molecule has 1 aliphatic carbocycles. The third-order valence-corrected chi connectivity index (χ3v) is 7.75. The van der Waals surface area contributed by atoms with E-state index in [1.54, 1.807) is 10.5 Å². The smallest absolute Gasteiger partial charge is 0.217 e. The van der Waals surface area contributed by atoms with Crippen LogP contribution in [-0.4, -0.2) is 55.4 Å². The van der Waals surface area contributed by atoms with Crippen molar-refractivity contribution in [3.8, 4) is 5.88 Å². The van der Waals surface area contributed by atoms with Gasteiger partial charge in [0.15, 0.2) is 0 Å². The number of ether oxygens (including phenoxy) is 2. The molecule has 0 radical (unpaired) electrons. The van der Waals surface area contributed by atoms with Gasteiger partial charge in [-0.1, -0.05) is 6.07 Å². The lowest BCUT2D eigenvalue weighted by Gasteiger charge is -2.49. The fraction of sp³-hybridized carbons (Fsp3) is 0.706. The number of pyridine rings is 1. The molecule has 0 aromatic carbocycles. The Morgan fingerprint density at radius 3 is 2.96 bits per heavy atom. The van der Waals surface area contributed by atoms with Crippen molar-refractivity contribution in [2.24, 2.45) is 5.41 Å². The van der Waals surface area contributed by atoms with E-state index >= 15 is 0 Å². The maximum Gasteiger partial charge on any atom is 0.217 e. The van der Waals surface area contributed by atoms with Crippen molar-refractivity contribution in [3.63, 3.8) is 0 Å². The predicted octanol–water partition coefficient (Wildman–Crippen LogP) is 1.82. The molecule has 1 aromatic rings. The predicted molar refractivity (Wildman–Crippen MR) is 89.3 cm³/mol. The number of hydrogen-bond donors (Lipinski definition) is 0. The molecule has 4 rings (SSSR count). The summed E-state index contributed by atoms with van der Waals surface area (Å²) in [7, 11) is -3.15. The molecule has 2 saturated heterocycles. The zero-order valence-corrected chi connectivity index (χ0v) is 14.6. The van der Waals surface area contributed by atoms with Gasteiger partial charge in [-0.25, -0.2) is 17.7 Å². The number of rotatable bonds is 5. The van der Waals surface area contributed by atoms with E-state index in [1.807, 2.05) is 18.2 Å². The third kappa shape index (κ3) is 3.05. The highest BCUT2D eigenvalue weighted by molar-refractivity contribution is 7.90. The van der Waals surface area contributed by atoms with Gasteiger partial charge in [0.05, 0.1) is 18.0 Å². The highest BCUT2D eigenvalue weighted by Gasteiger charge is 2.51. The van der Waals surface area contributed by atoms with Crippen LogP contribution in [0.2, 0.25) is 0 Å². The Bertz CT molecular complexity index is 677. The Morgan fingerprint density at radius 2 is 2.21 bits per heavy atom. The van der Waals surface area contributed by atoms with Gasteiger partial charge in [0, 0.05) is 37.4 Å². The summed E-state index contributed by atoms with van der Waals surface area (Å²) in [5.41, 5.74) is -0.268. The minimum absolute atomic E-state index is 0.0700. The molecular formula is C17H24N2O4S. The van der Waals surface area contributed by atoms with E-state index in [4.69, 9.17) is 9.47 Å². The van der Waals surface area contributed by atoms with Gasteiger partial charge >= 0.3 is 0 Å². The first-order valence-corrected chi connectivity index (χ1v) is 10.2. The van der Waals surface area contributed by atoms with Crippen LogP contribution in [0.15, 0.2) is 24.4 Å². The molecule has 0 amide bonds. The van der Waals surface area contributed by atoms with Crippen molar-refractivity contribution < 1.29 is 17.9 Å². The Kier molecular flexibility index (Phi) is 4.26. The lowest BCUT2D eigenvalue weighted by molar-refractivity contribution is -0.128. The summed E-state index contributed by atoms with van der Waals surface area (Å²) in [5.74, 6) is 0.582.